The molecule has 0 amide bonds. The third-order valence-corrected chi connectivity index (χ3v) is 2.98. The molecule has 2 heterocycles. The van der Waals surface area contributed by atoms with Crippen LogP contribution in [0.5, 0.6) is 0 Å². The summed E-state index contributed by atoms with van der Waals surface area (Å²) in [6, 6.07) is 9.37. The largest absolute Gasteiger partial charge is 0.507 e. The van der Waals surface area contributed by atoms with Crippen LogP contribution in [-0.4, -0.2) is 11.9 Å². The summed E-state index contributed by atoms with van der Waals surface area (Å²) in [5.41, 5.74) is 4.88. The van der Waals surface area contributed by atoms with Gasteiger partial charge in [0.25, 0.3) is 0 Å². The molecule has 0 N–H and O–H groups in total. The van der Waals surface area contributed by atoms with Crippen LogP contribution in [0, 0.1) is 12.7 Å². The van der Waals surface area contributed by atoms with Crippen molar-refractivity contribution in [1.82, 2.24) is 4.90 Å². The van der Waals surface area contributed by atoms with Crippen LogP contribution < -0.4 is 4.90 Å². The van der Waals surface area contributed by atoms with Gasteiger partial charge in [-0.15, -0.1) is 11.6 Å². The summed E-state index contributed by atoms with van der Waals surface area (Å²) in [6.45, 7) is 4.23. The average Bonchev–Trinajstić information content (AvgIpc) is 2.56. The van der Waals surface area contributed by atoms with Crippen molar-refractivity contribution in [3.8, 4) is 0 Å². The Balaban J connectivity index is 0.000000963. The summed E-state index contributed by atoms with van der Waals surface area (Å²) in [5, 5.41) is 0. The first-order chi connectivity index (χ1) is 7.27. The van der Waals surface area contributed by atoms with E-state index >= 15 is 0 Å². The van der Waals surface area contributed by atoms with Gasteiger partial charge in [-0.2, -0.15) is 30.9 Å². The Bertz CT molecular complexity index is 477. The van der Waals surface area contributed by atoms with Gasteiger partial charge in [0.05, 0.1) is 0 Å². The van der Waals surface area contributed by atoms with Gasteiger partial charge in [0.2, 0.25) is 0 Å². The normalized spacial score (nSPS) is 17.1. The minimum atomic E-state index is 0. The Labute approximate surface area is 110 Å². The second-order valence-corrected chi connectivity index (χ2v) is 3.87. The molecule has 1 aromatic carbocycles. The van der Waals surface area contributed by atoms with E-state index in [4.69, 9.17) is 0 Å². The van der Waals surface area contributed by atoms with E-state index < -0.39 is 0 Å². The Morgan fingerprint density at radius 1 is 1.31 bits per heavy atom. The zero-order chi connectivity index (χ0) is 10.4. The maximum atomic E-state index is 3.28. The number of rotatable bonds is 0. The summed E-state index contributed by atoms with van der Waals surface area (Å²) in [5.74, 6) is 0. The number of para-hydroxylation sites is 1. The molecular formula is C13H12IrN2-2. The number of allylic oxidation sites excluding steroid dienone is 2. The van der Waals surface area contributed by atoms with Crippen molar-refractivity contribution in [2.75, 3.05) is 11.9 Å². The maximum absolute atomic E-state index is 3.28. The van der Waals surface area contributed by atoms with Crippen molar-refractivity contribution in [2.45, 2.75) is 6.92 Å². The van der Waals surface area contributed by atoms with Crippen molar-refractivity contribution in [3.63, 3.8) is 0 Å². The van der Waals surface area contributed by atoms with Gasteiger partial charge in [-0.1, -0.05) is 11.8 Å². The van der Waals surface area contributed by atoms with E-state index in [1.54, 1.807) is 0 Å². The molecule has 0 aliphatic carbocycles. The van der Waals surface area contributed by atoms with Gasteiger partial charge < -0.3 is 9.80 Å². The van der Waals surface area contributed by atoms with Crippen molar-refractivity contribution >= 4 is 11.8 Å². The van der Waals surface area contributed by atoms with E-state index in [1.165, 1.54) is 17.0 Å². The first kappa shape index (κ1) is 11.4. The summed E-state index contributed by atoms with van der Waals surface area (Å²) in [6.07, 6.45) is 4.31. The molecule has 0 spiro atoms. The fourth-order valence-corrected chi connectivity index (χ4v) is 2.01. The summed E-state index contributed by atoms with van der Waals surface area (Å²) in [4.78, 5) is 4.32. The second-order valence-electron chi connectivity index (χ2n) is 3.87. The van der Waals surface area contributed by atoms with Crippen LogP contribution in [0.1, 0.15) is 12.5 Å². The van der Waals surface area contributed by atoms with E-state index in [-0.39, 0.29) is 20.1 Å². The zero-order valence-corrected chi connectivity index (χ0v) is 11.6. The molecule has 0 saturated carbocycles. The van der Waals surface area contributed by atoms with Gasteiger partial charge in [0, 0.05) is 31.5 Å². The van der Waals surface area contributed by atoms with Gasteiger partial charge >= 0.3 is 0 Å². The smallest absolute Gasteiger partial charge is 0.0270 e. The monoisotopic (exact) mass is 389 g/mol. The van der Waals surface area contributed by atoms with Crippen molar-refractivity contribution in [3.05, 3.63) is 54.0 Å². The predicted molar refractivity (Wildman–Crippen MR) is 61.6 cm³/mol. The van der Waals surface area contributed by atoms with E-state index in [9.17, 15) is 0 Å². The number of fused-ring (bicyclic) bond motifs is 3. The molecule has 0 atom stereocenters. The molecule has 16 heavy (non-hydrogen) atoms. The van der Waals surface area contributed by atoms with Crippen LogP contribution in [0.3, 0.4) is 0 Å². The van der Waals surface area contributed by atoms with Crippen molar-refractivity contribution in [2.24, 2.45) is 0 Å². The first-order valence-corrected chi connectivity index (χ1v) is 5.04. The molecule has 3 heteroatoms. The van der Waals surface area contributed by atoms with Crippen LogP contribution in [0.4, 0.5) is 5.69 Å². The third kappa shape index (κ3) is 1.51. The molecule has 0 unspecified atom stereocenters. The minimum absolute atomic E-state index is 0. The van der Waals surface area contributed by atoms with Crippen LogP contribution in [0.2, 0.25) is 0 Å². The van der Waals surface area contributed by atoms with E-state index in [2.05, 4.69) is 54.7 Å². The molecule has 2 nitrogen and oxygen atoms in total. The molecular weight excluding hydrogens is 376 g/mol. The third-order valence-electron chi connectivity index (χ3n) is 2.98. The van der Waals surface area contributed by atoms with E-state index in [1.807, 2.05) is 12.1 Å². The Hall–Kier alpha value is -1.05. The van der Waals surface area contributed by atoms with Gasteiger partial charge in [-0.25, -0.2) is 0 Å². The molecule has 0 saturated heterocycles. The Morgan fingerprint density at radius 2 is 2.12 bits per heavy atom. The van der Waals surface area contributed by atoms with Gasteiger partial charge in [0.15, 0.2) is 0 Å². The summed E-state index contributed by atoms with van der Waals surface area (Å²) in [7, 11) is 2.07. The van der Waals surface area contributed by atoms with Crippen molar-refractivity contribution < 1.29 is 20.1 Å². The molecule has 3 rings (SSSR count). The standard InChI is InChI=1S/C13H12N2.Ir/c1-10-12-8-7-11-5-3-4-6-13(11)15(12)9-14(10)2;/h3-5,7-9H,1-2H3;/q-2;. The van der Waals surface area contributed by atoms with E-state index in [0.717, 1.165) is 5.69 Å². The minimum Gasteiger partial charge on any atom is -0.507 e. The number of hydrogen-bond donors (Lipinski definition) is 0. The van der Waals surface area contributed by atoms with Gasteiger partial charge in [-0.3, -0.25) is 0 Å². The molecule has 85 valence electrons. The fourth-order valence-electron chi connectivity index (χ4n) is 2.01. The van der Waals surface area contributed by atoms with Crippen LogP contribution in [0.25, 0.3) is 6.08 Å². The number of hydrogen-bond acceptors (Lipinski definition) is 2. The molecule has 0 fully saturated rings. The van der Waals surface area contributed by atoms with Crippen LogP contribution >= 0.6 is 0 Å². The molecule has 2 aliphatic heterocycles. The SMILES string of the molecule is CC1=C2C=Cc3ccc[c-]c3N2[CH-]N1C.[Ir]. The predicted octanol–water partition coefficient (Wildman–Crippen LogP) is 2.61. The maximum Gasteiger partial charge on any atom is 0.0270 e. The van der Waals surface area contributed by atoms with Crippen molar-refractivity contribution in [1.29, 1.82) is 0 Å². The molecule has 1 radical (unpaired) electrons. The number of nitrogens with zero attached hydrogens (tertiary/aromatic N) is 2. The Morgan fingerprint density at radius 3 is 2.94 bits per heavy atom. The number of anilines is 1. The van der Waals surface area contributed by atoms with Crippen LogP contribution in [0.15, 0.2) is 35.7 Å². The Kier molecular flexibility index (Phi) is 2.91. The first-order valence-electron chi connectivity index (χ1n) is 5.04. The van der Waals surface area contributed by atoms with E-state index in [0.29, 0.717) is 0 Å². The second kappa shape index (κ2) is 4.08. The molecule has 0 aromatic heterocycles. The van der Waals surface area contributed by atoms with Gasteiger partial charge in [-0.05, 0) is 14.0 Å². The number of benzene rings is 1. The topological polar surface area (TPSA) is 6.48 Å². The summed E-state index contributed by atoms with van der Waals surface area (Å²) < 4.78 is 0. The quantitative estimate of drug-likeness (QED) is 0.631. The average molecular weight is 388 g/mol. The fraction of sp³-hybridized carbons (Fsp3) is 0.154. The van der Waals surface area contributed by atoms with Gasteiger partial charge in [0.1, 0.15) is 0 Å². The zero-order valence-electron chi connectivity index (χ0n) is 9.19. The summed E-state index contributed by atoms with van der Waals surface area (Å²) >= 11 is 0. The molecule has 1 aromatic rings. The molecule has 2 aliphatic rings. The molecule has 0 bridgehead atoms. The van der Waals surface area contributed by atoms with Crippen LogP contribution in [-0.2, 0) is 20.1 Å².